The van der Waals surface area contributed by atoms with E-state index in [1.807, 2.05) is 36.7 Å². The van der Waals surface area contributed by atoms with Crippen LogP contribution in [0.25, 0.3) is 16.6 Å². The first-order valence-electron chi connectivity index (χ1n) is 10.6. The van der Waals surface area contributed by atoms with Crippen LogP contribution in [0.5, 0.6) is 0 Å². The van der Waals surface area contributed by atoms with Crippen molar-refractivity contribution in [3.05, 3.63) is 42.4 Å². The largest absolute Gasteiger partial charge is 0.369 e. The number of fused-ring (bicyclic) bond motifs is 1. The highest BCUT2D eigenvalue weighted by Crippen LogP contribution is 2.36. The zero-order valence-corrected chi connectivity index (χ0v) is 17.7. The zero-order chi connectivity index (χ0) is 21.5. The maximum absolute atomic E-state index is 12.1. The van der Waals surface area contributed by atoms with Gasteiger partial charge in [0.15, 0.2) is 5.82 Å². The van der Waals surface area contributed by atoms with Crippen LogP contribution in [0.1, 0.15) is 18.5 Å². The first-order valence-corrected chi connectivity index (χ1v) is 10.6. The van der Waals surface area contributed by atoms with Crippen molar-refractivity contribution < 1.29 is 4.79 Å². The number of hydrogen-bond donors (Lipinski definition) is 1. The van der Waals surface area contributed by atoms with Gasteiger partial charge in [-0.3, -0.25) is 4.79 Å². The molecule has 1 N–H and O–H groups in total. The molecule has 4 heterocycles. The average molecular weight is 416 g/mol. The highest BCUT2D eigenvalue weighted by molar-refractivity contribution is 5.94. The number of nitriles is 1. The van der Waals surface area contributed by atoms with Gasteiger partial charge in [-0.25, -0.2) is 9.50 Å². The van der Waals surface area contributed by atoms with E-state index in [0.29, 0.717) is 17.4 Å². The van der Waals surface area contributed by atoms with E-state index in [1.165, 1.54) is 0 Å². The summed E-state index contributed by atoms with van der Waals surface area (Å²) in [6.07, 6.45) is 5.61. The molecule has 1 saturated heterocycles. The Bertz CT molecular complexity index is 1180. The second-order valence-electron chi connectivity index (χ2n) is 8.81. The minimum absolute atomic E-state index is 0.0452. The Morgan fingerprint density at radius 2 is 2.10 bits per heavy atom. The minimum atomic E-state index is 0.0452. The fourth-order valence-corrected chi connectivity index (χ4v) is 4.19. The standard InChI is InChI=1S/C23H25N7O/c1-28(2)12-15-13-29(14-15)21-11-25-18(10-24)8-20(21)17-5-6-30-19(7-17)9-22(27-30)26-23(31)16-3-4-16/h5-9,11,15-16H,3-4,12-14H2,1-2H3,(H,26,27,31). The molecule has 0 spiro atoms. The van der Waals surface area contributed by atoms with Gasteiger partial charge < -0.3 is 15.1 Å². The SMILES string of the molecule is CN(C)CC1CN(c2cnc(C#N)cc2-c2ccn3nc(NC(=O)C4CC4)cc3c2)C1. The van der Waals surface area contributed by atoms with E-state index < -0.39 is 0 Å². The number of pyridine rings is 2. The Kier molecular flexibility index (Phi) is 4.83. The molecule has 0 radical (unpaired) electrons. The third-order valence-electron chi connectivity index (χ3n) is 5.89. The van der Waals surface area contributed by atoms with Gasteiger partial charge in [-0.1, -0.05) is 0 Å². The quantitative estimate of drug-likeness (QED) is 0.666. The molecule has 1 saturated carbocycles. The van der Waals surface area contributed by atoms with E-state index in [1.54, 1.807) is 4.52 Å². The van der Waals surface area contributed by atoms with Gasteiger partial charge in [-0.15, -0.1) is 0 Å². The molecule has 8 nitrogen and oxygen atoms in total. The summed E-state index contributed by atoms with van der Waals surface area (Å²) in [6.45, 7) is 3.02. The molecule has 31 heavy (non-hydrogen) atoms. The summed E-state index contributed by atoms with van der Waals surface area (Å²) < 4.78 is 1.76. The molecule has 1 aliphatic carbocycles. The van der Waals surface area contributed by atoms with Crippen molar-refractivity contribution in [1.82, 2.24) is 19.5 Å². The number of carbonyl (C=O) groups excluding carboxylic acids is 1. The van der Waals surface area contributed by atoms with Gasteiger partial charge in [0.1, 0.15) is 11.8 Å². The molecule has 2 fully saturated rings. The van der Waals surface area contributed by atoms with Crippen molar-refractivity contribution in [2.24, 2.45) is 11.8 Å². The van der Waals surface area contributed by atoms with Crippen LogP contribution >= 0.6 is 0 Å². The number of amides is 1. The van der Waals surface area contributed by atoms with Crippen LogP contribution in [0, 0.1) is 23.2 Å². The number of hydrogen-bond acceptors (Lipinski definition) is 6. The van der Waals surface area contributed by atoms with Gasteiger partial charge in [0.2, 0.25) is 5.91 Å². The molecule has 5 rings (SSSR count). The van der Waals surface area contributed by atoms with E-state index in [-0.39, 0.29) is 11.8 Å². The lowest BCUT2D eigenvalue weighted by Gasteiger charge is -2.42. The predicted octanol–water partition coefficient (Wildman–Crippen LogP) is 2.61. The zero-order valence-electron chi connectivity index (χ0n) is 17.7. The van der Waals surface area contributed by atoms with E-state index in [2.05, 4.69) is 45.4 Å². The number of nitrogens with zero attached hydrogens (tertiary/aromatic N) is 6. The summed E-state index contributed by atoms with van der Waals surface area (Å²) in [5.41, 5.74) is 4.31. The van der Waals surface area contributed by atoms with Crippen LogP contribution < -0.4 is 10.2 Å². The van der Waals surface area contributed by atoms with Crippen molar-refractivity contribution in [3.8, 4) is 17.2 Å². The average Bonchev–Trinajstić information content (AvgIpc) is 3.50. The monoisotopic (exact) mass is 415 g/mol. The number of nitrogens with one attached hydrogen (secondary N) is 1. The minimum Gasteiger partial charge on any atom is -0.369 e. The molecule has 3 aromatic heterocycles. The summed E-state index contributed by atoms with van der Waals surface area (Å²) in [5, 5.41) is 16.7. The fourth-order valence-electron chi connectivity index (χ4n) is 4.19. The normalized spacial score (nSPS) is 16.4. The molecule has 0 atom stereocenters. The van der Waals surface area contributed by atoms with Gasteiger partial charge in [-0.2, -0.15) is 10.4 Å². The summed E-state index contributed by atoms with van der Waals surface area (Å²) in [5.74, 6) is 1.38. The molecule has 0 unspecified atom stereocenters. The van der Waals surface area contributed by atoms with Crippen LogP contribution in [0.15, 0.2) is 36.7 Å². The summed E-state index contributed by atoms with van der Waals surface area (Å²) >= 11 is 0. The molecular weight excluding hydrogens is 390 g/mol. The van der Waals surface area contributed by atoms with Crippen LogP contribution in [0.3, 0.4) is 0 Å². The molecule has 2 aliphatic rings. The predicted molar refractivity (Wildman–Crippen MR) is 119 cm³/mol. The van der Waals surface area contributed by atoms with E-state index in [4.69, 9.17) is 0 Å². The number of carbonyl (C=O) groups is 1. The Labute approximate surface area is 181 Å². The number of anilines is 2. The third-order valence-corrected chi connectivity index (χ3v) is 5.89. The van der Waals surface area contributed by atoms with Crippen molar-refractivity contribution >= 4 is 22.9 Å². The topological polar surface area (TPSA) is 89.6 Å². The molecule has 3 aromatic rings. The number of rotatable bonds is 6. The molecule has 0 aromatic carbocycles. The summed E-state index contributed by atoms with van der Waals surface area (Å²) in [6, 6.07) is 9.92. The van der Waals surface area contributed by atoms with E-state index in [9.17, 15) is 10.1 Å². The van der Waals surface area contributed by atoms with Gasteiger partial charge in [-0.05, 0) is 50.7 Å². The molecule has 1 amide bonds. The lowest BCUT2D eigenvalue weighted by Crippen LogP contribution is -2.50. The van der Waals surface area contributed by atoms with E-state index in [0.717, 1.165) is 54.8 Å². The lowest BCUT2D eigenvalue weighted by molar-refractivity contribution is -0.117. The fraction of sp³-hybridized carbons (Fsp3) is 0.391. The highest BCUT2D eigenvalue weighted by atomic mass is 16.2. The second kappa shape index (κ2) is 7.67. The van der Waals surface area contributed by atoms with E-state index >= 15 is 0 Å². The van der Waals surface area contributed by atoms with Crippen molar-refractivity contribution in [1.29, 1.82) is 5.26 Å². The van der Waals surface area contributed by atoms with Gasteiger partial charge in [0.05, 0.1) is 17.4 Å². The number of aromatic nitrogens is 3. The molecular formula is C23H25N7O. The first kappa shape index (κ1) is 19.5. The maximum Gasteiger partial charge on any atom is 0.228 e. The summed E-state index contributed by atoms with van der Waals surface area (Å²) in [4.78, 5) is 20.9. The Morgan fingerprint density at radius 1 is 1.29 bits per heavy atom. The second-order valence-corrected chi connectivity index (χ2v) is 8.81. The summed E-state index contributed by atoms with van der Waals surface area (Å²) in [7, 11) is 4.19. The maximum atomic E-state index is 12.1. The highest BCUT2D eigenvalue weighted by Gasteiger charge is 2.30. The van der Waals surface area contributed by atoms with Gasteiger partial charge in [0.25, 0.3) is 0 Å². The Morgan fingerprint density at radius 3 is 2.81 bits per heavy atom. The lowest BCUT2D eigenvalue weighted by atomic mass is 9.96. The van der Waals surface area contributed by atoms with Crippen LogP contribution in [-0.4, -0.2) is 59.1 Å². The van der Waals surface area contributed by atoms with Crippen LogP contribution in [0.4, 0.5) is 11.5 Å². The Hall–Kier alpha value is -3.44. The molecule has 8 heteroatoms. The molecule has 1 aliphatic heterocycles. The molecule has 158 valence electrons. The first-order chi connectivity index (χ1) is 15.0. The Balaban J connectivity index is 1.44. The van der Waals surface area contributed by atoms with Gasteiger partial charge >= 0.3 is 0 Å². The van der Waals surface area contributed by atoms with Crippen molar-refractivity contribution in [3.63, 3.8) is 0 Å². The van der Waals surface area contributed by atoms with Crippen molar-refractivity contribution in [2.75, 3.05) is 43.9 Å². The van der Waals surface area contributed by atoms with Crippen LogP contribution in [-0.2, 0) is 4.79 Å². The molecule has 0 bridgehead atoms. The van der Waals surface area contributed by atoms with Gasteiger partial charge in [0, 0.05) is 49.3 Å². The third kappa shape index (κ3) is 3.97. The smallest absolute Gasteiger partial charge is 0.228 e. The van der Waals surface area contributed by atoms with Crippen molar-refractivity contribution in [2.45, 2.75) is 12.8 Å². The van der Waals surface area contributed by atoms with Crippen LogP contribution in [0.2, 0.25) is 0 Å².